The first-order valence-corrected chi connectivity index (χ1v) is 9.62. The molecule has 0 saturated carbocycles. The van der Waals surface area contributed by atoms with Crippen LogP contribution in [0.5, 0.6) is 5.75 Å². The van der Waals surface area contributed by atoms with Crippen molar-refractivity contribution in [2.75, 3.05) is 13.2 Å². The van der Waals surface area contributed by atoms with E-state index in [9.17, 15) is 4.79 Å². The average Bonchev–Trinajstić information content (AvgIpc) is 3.09. The third-order valence-corrected chi connectivity index (χ3v) is 5.01. The lowest BCUT2D eigenvalue weighted by molar-refractivity contribution is -0.121. The van der Waals surface area contributed by atoms with Crippen LogP contribution in [-0.2, 0) is 11.2 Å². The van der Waals surface area contributed by atoms with E-state index in [-0.39, 0.29) is 5.91 Å². The van der Waals surface area contributed by atoms with Crippen molar-refractivity contribution >= 4 is 11.6 Å². The lowest BCUT2D eigenvalue weighted by atomic mass is 10.1. The molecule has 7 nitrogen and oxygen atoms in total. The van der Waals surface area contributed by atoms with E-state index in [0.717, 1.165) is 33.8 Å². The number of hydrogen-bond acceptors (Lipinski definition) is 5. The average molecular weight is 391 g/mol. The number of amides is 1. The van der Waals surface area contributed by atoms with Crippen LogP contribution < -0.4 is 10.1 Å². The summed E-state index contributed by atoms with van der Waals surface area (Å²) in [5, 5.41) is 16.3. The van der Waals surface area contributed by atoms with E-state index in [0.29, 0.717) is 37.2 Å². The van der Waals surface area contributed by atoms with E-state index in [1.807, 2.05) is 45.9 Å². The van der Waals surface area contributed by atoms with Gasteiger partial charge >= 0.3 is 0 Å². The maximum atomic E-state index is 12.2. The number of nitriles is 1. The number of carbonyl (C=O) groups excluding carboxylic acids is 1. The fourth-order valence-corrected chi connectivity index (χ4v) is 3.45. The minimum Gasteiger partial charge on any atom is -0.491 e. The molecule has 0 radical (unpaired) electrons. The van der Waals surface area contributed by atoms with Crippen molar-refractivity contribution in [3.8, 4) is 11.8 Å². The summed E-state index contributed by atoms with van der Waals surface area (Å²) in [6.07, 6.45) is 2.43. The summed E-state index contributed by atoms with van der Waals surface area (Å²) in [7, 11) is 0. The third kappa shape index (κ3) is 4.37. The second kappa shape index (κ2) is 8.74. The molecule has 7 heteroatoms. The van der Waals surface area contributed by atoms with Gasteiger partial charge in [0.05, 0.1) is 12.7 Å². The van der Waals surface area contributed by atoms with Crippen molar-refractivity contribution in [2.24, 2.45) is 0 Å². The molecule has 0 spiro atoms. The maximum absolute atomic E-state index is 12.2. The third-order valence-electron chi connectivity index (χ3n) is 5.01. The molecule has 0 bridgehead atoms. The number of fused-ring (bicyclic) bond motifs is 1. The Labute approximate surface area is 170 Å². The molecule has 0 saturated heterocycles. The first-order valence-electron chi connectivity index (χ1n) is 9.62. The summed E-state index contributed by atoms with van der Waals surface area (Å²) in [4.78, 5) is 16.7. The molecular weight excluding hydrogens is 366 g/mol. The highest BCUT2D eigenvalue weighted by molar-refractivity contribution is 5.76. The minimum absolute atomic E-state index is 0.0350. The van der Waals surface area contributed by atoms with Crippen molar-refractivity contribution in [1.82, 2.24) is 19.9 Å². The normalized spacial score (nSPS) is 10.7. The second-order valence-corrected chi connectivity index (χ2v) is 7.09. The van der Waals surface area contributed by atoms with Gasteiger partial charge in [-0.15, -0.1) is 0 Å². The summed E-state index contributed by atoms with van der Waals surface area (Å²) < 4.78 is 7.48. The fourth-order valence-electron chi connectivity index (χ4n) is 3.45. The first-order chi connectivity index (χ1) is 13.9. The van der Waals surface area contributed by atoms with Gasteiger partial charge in [0.2, 0.25) is 5.91 Å². The monoisotopic (exact) mass is 391 g/mol. The Morgan fingerprint density at radius 1 is 1.24 bits per heavy atom. The molecule has 1 N–H and O–H groups in total. The molecule has 3 aromatic rings. The van der Waals surface area contributed by atoms with Crippen LogP contribution in [0.4, 0.5) is 0 Å². The number of carbonyl (C=O) groups is 1. The number of nitrogens with one attached hydrogen (secondary N) is 1. The first kappa shape index (κ1) is 20.3. The van der Waals surface area contributed by atoms with Gasteiger partial charge in [-0.1, -0.05) is 18.2 Å². The molecule has 0 unspecified atom stereocenters. The topological polar surface area (TPSA) is 92.3 Å². The van der Waals surface area contributed by atoms with Gasteiger partial charge in [0, 0.05) is 17.8 Å². The number of aryl methyl sites for hydroxylation is 4. The highest BCUT2D eigenvalue weighted by atomic mass is 16.5. The van der Waals surface area contributed by atoms with E-state index in [4.69, 9.17) is 10.00 Å². The number of hydrogen-bond donors (Lipinski definition) is 1. The van der Waals surface area contributed by atoms with Gasteiger partial charge in [-0.05, 0) is 50.8 Å². The number of ether oxygens (including phenoxy) is 1. The van der Waals surface area contributed by atoms with Gasteiger partial charge in [-0.3, -0.25) is 4.79 Å². The van der Waals surface area contributed by atoms with Gasteiger partial charge < -0.3 is 10.1 Å². The zero-order valence-electron chi connectivity index (χ0n) is 17.2. The van der Waals surface area contributed by atoms with Gasteiger partial charge in [0.1, 0.15) is 24.0 Å². The molecule has 1 aromatic carbocycles. The standard InChI is InChI=1S/C22H25N5O2/c1-14-6-5-7-15(2)21(14)29-11-10-24-20(28)9-8-19-16(3)26-22-18(12-23)13-25-27(22)17(19)4/h5-7,13H,8-11H2,1-4H3,(H,24,28). The van der Waals surface area contributed by atoms with Crippen LogP contribution in [0.15, 0.2) is 24.4 Å². The summed E-state index contributed by atoms with van der Waals surface area (Å²) in [6, 6.07) is 8.12. The van der Waals surface area contributed by atoms with E-state index in [1.165, 1.54) is 6.20 Å². The molecular formula is C22H25N5O2. The molecule has 0 aliphatic carbocycles. The highest BCUT2D eigenvalue weighted by Gasteiger charge is 2.14. The van der Waals surface area contributed by atoms with E-state index >= 15 is 0 Å². The molecule has 1 amide bonds. The van der Waals surface area contributed by atoms with Crippen LogP contribution in [0.2, 0.25) is 0 Å². The molecule has 29 heavy (non-hydrogen) atoms. The van der Waals surface area contributed by atoms with Crippen molar-refractivity contribution in [3.05, 3.63) is 58.0 Å². The Hall–Kier alpha value is -3.40. The van der Waals surface area contributed by atoms with Crippen LogP contribution in [0.25, 0.3) is 5.65 Å². The quantitative estimate of drug-likeness (QED) is 0.625. The number of benzene rings is 1. The van der Waals surface area contributed by atoms with E-state index in [2.05, 4.69) is 21.5 Å². The number of aromatic nitrogens is 3. The van der Waals surface area contributed by atoms with Crippen LogP contribution in [-0.4, -0.2) is 33.7 Å². The summed E-state index contributed by atoms with van der Waals surface area (Å²) in [5.41, 5.74) is 5.88. The Balaban J connectivity index is 1.54. The largest absolute Gasteiger partial charge is 0.491 e. The van der Waals surface area contributed by atoms with Crippen molar-refractivity contribution < 1.29 is 9.53 Å². The smallest absolute Gasteiger partial charge is 0.220 e. The van der Waals surface area contributed by atoms with Crippen LogP contribution in [0, 0.1) is 39.0 Å². The van der Waals surface area contributed by atoms with Gasteiger partial charge in [0.25, 0.3) is 0 Å². The molecule has 3 rings (SSSR count). The lowest BCUT2D eigenvalue weighted by Gasteiger charge is -2.13. The Morgan fingerprint density at radius 2 is 1.97 bits per heavy atom. The van der Waals surface area contributed by atoms with E-state index in [1.54, 1.807) is 4.52 Å². The number of rotatable bonds is 7. The van der Waals surface area contributed by atoms with Crippen molar-refractivity contribution in [2.45, 2.75) is 40.5 Å². The predicted octanol–water partition coefficient (Wildman–Crippen LogP) is 2.96. The minimum atomic E-state index is -0.0350. The number of para-hydroxylation sites is 1. The Morgan fingerprint density at radius 3 is 2.66 bits per heavy atom. The molecule has 0 aliphatic heterocycles. The summed E-state index contributed by atoms with van der Waals surface area (Å²) in [5.74, 6) is 0.843. The fraction of sp³-hybridized carbons (Fsp3) is 0.364. The lowest BCUT2D eigenvalue weighted by Crippen LogP contribution is -2.28. The maximum Gasteiger partial charge on any atom is 0.220 e. The summed E-state index contributed by atoms with van der Waals surface area (Å²) in [6.45, 7) is 8.72. The van der Waals surface area contributed by atoms with Crippen molar-refractivity contribution in [3.63, 3.8) is 0 Å². The number of nitrogens with zero attached hydrogens (tertiary/aromatic N) is 4. The van der Waals surface area contributed by atoms with Crippen LogP contribution in [0.3, 0.4) is 0 Å². The molecule has 150 valence electrons. The zero-order chi connectivity index (χ0) is 21.0. The molecule has 0 aliphatic rings. The SMILES string of the molecule is Cc1cccc(C)c1OCCNC(=O)CCc1c(C)nc2c(C#N)cnn2c1C. The molecule has 0 atom stereocenters. The predicted molar refractivity (Wildman–Crippen MR) is 110 cm³/mol. The van der Waals surface area contributed by atoms with Gasteiger partial charge in [-0.2, -0.15) is 10.4 Å². The van der Waals surface area contributed by atoms with Gasteiger partial charge in [0.15, 0.2) is 5.65 Å². The molecule has 0 fully saturated rings. The van der Waals surface area contributed by atoms with Crippen LogP contribution in [0.1, 0.15) is 40.1 Å². The van der Waals surface area contributed by atoms with Crippen LogP contribution >= 0.6 is 0 Å². The zero-order valence-corrected chi connectivity index (χ0v) is 17.2. The van der Waals surface area contributed by atoms with Gasteiger partial charge in [-0.25, -0.2) is 9.50 Å². The summed E-state index contributed by atoms with van der Waals surface area (Å²) >= 11 is 0. The molecule has 2 heterocycles. The Bertz CT molecular complexity index is 1070. The second-order valence-electron chi connectivity index (χ2n) is 7.09. The molecule has 2 aromatic heterocycles. The Kier molecular flexibility index (Phi) is 6.13. The van der Waals surface area contributed by atoms with Crippen molar-refractivity contribution in [1.29, 1.82) is 5.26 Å². The highest BCUT2D eigenvalue weighted by Crippen LogP contribution is 2.22. The van der Waals surface area contributed by atoms with E-state index < -0.39 is 0 Å².